The van der Waals surface area contributed by atoms with E-state index < -0.39 is 0 Å². The van der Waals surface area contributed by atoms with Crippen LogP contribution in [0.2, 0.25) is 0 Å². The third-order valence-electron chi connectivity index (χ3n) is 3.63. The maximum absolute atomic E-state index is 4.21. The smallest absolute Gasteiger partial charge is 0.0534 e. The Kier molecular flexibility index (Phi) is 2.25. The summed E-state index contributed by atoms with van der Waals surface area (Å²) >= 11 is 0. The summed E-state index contributed by atoms with van der Waals surface area (Å²) in [5.74, 6) is 1.78. The van der Waals surface area contributed by atoms with E-state index in [1.807, 2.05) is 17.9 Å². The highest BCUT2D eigenvalue weighted by molar-refractivity contribution is 5.04. The van der Waals surface area contributed by atoms with Crippen LogP contribution >= 0.6 is 0 Å². The second-order valence-electron chi connectivity index (χ2n) is 4.89. The fourth-order valence-corrected chi connectivity index (χ4v) is 2.89. The zero-order chi connectivity index (χ0) is 10.3. The van der Waals surface area contributed by atoms with Crippen molar-refractivity contribution >= 4 is 0 Å². The van der Waals surface area contributed by atoms with E-state index in [1.54, 1.807) is 0 Å². The molecular weight excluding hydrogens is 188 g/mol. The van der Waals surface area contributed by atoms with Crippen molar-refractivity contribution in [3.8, 4) is 0 Å². The van der Waals surface area contributed by atoms with Crippen molar-refractivity contribution in [2.75, 3.05) is 26.2 Å². The highest BCUT2D eigenvalue weighted by atomic mass is 15.2. The molecule has 2 atom stereocenters. The van der Waals surface area contributed by atoms with Crippen LogP contribution in [0.1, 0.15) is 5.56 Å². The van der Waals surface area contributed by atoms with Crippen molar-refractivity contribution in [3.63, 3.8) is 0 Å². The first kappa shape index (κ1) is 9.36. The highest BCUT2D eigenvalue weighted by Gasteiger charge is 2.35. The molecule has 3 heterocycles. The first-order valence-electron chi connectivity index (χ1n) is 5.72. The maximum Gasteiger partial charge on any atom is 0.0534 e. The van der Waals surface area contributed by atoms with Crippen LogP contribution in [0.15, 0.2) is 12.4 Å². The monoisotopic (exact) mass is 206 g/mol. The minimum Gasteiger partial charge on any atom is -0.316 e. The molecule has 0 aromatic carbocycles. The number of aromatic nitrogens is 2. The van der Waals surface area contributed by atoms with Gasteiger partial charge in [0.15, 0.2) is 0 Å². The third kappa shape index (κ3) is 1.79. The van der Waals surface area contributed by atoms with Gasteiger partial charge in [0.05, 0.1) is 6.20 Å². The molecule has 0 unspecified atom stereocenters. The number of fused-ring (bicyclic) bond motifs is 1. The van der Waals surface area contributed by atoms with Gasteiger partial charge in [0.25, 0.3) is 0 Å². The molecule has 0 radical (unpaired) electrons. The second kappa shape index (κ2) is 3.61. The van der Waals surface area contributed by atoms with E-state index in [4.69, 9.17) is 0 Å². The molecule has 2 saturated heterocycles. The first-order valence-corrected chi connectivity index (χ1v) is 5.72. The maximum atomic E-state index is 4.21. The van der Waals surface area contributed by atoms with Crippen LogP contribution in [0.25, 0.3) is 0 Å². The second-order valence-corrected chi connectivity index (χ2v) is 4.89. The first-order chi connectivity index (χ1) is 7.31. The number of hydrogen-bond donors (Lipinski definition) is 1. The summed E-state index contributed by atoms with van der Waals surface area (Å²) in [6.45, 7) is 6.02. The quantitative estimate of drug-likeness (QED) is 0.743. The van der Waals surface area contributed by atoms with E-state index in [1.165, 1.54) is 31.7 Å². The SMILES string of the molecule is Cn1cc(CN2C[C@H]3CNC[C@H]3C2)cn1. The molecule has 1 N–H and O–H groups in total. The Morgan fingerprint density at radius 3 is 2.73 bits per heavy atom. The number of rotatable bonds is 2. The van der Waals surface area contributed by atoms with E-state index in [-0.39, 0.29) is 0 Å². The van der Waals surface area contributed by atoms with Gasteiger partial charge in [-0.2, -0.15) is 5.10 Å². The molecule has 2 aliphatic rings. The van der Waals surface area contributed by atoms with Gasteiger partial charge in [0.1, 0.15) is 0 Å². The normalized spacial score (nSPS) is 31.0. The minimum absolute atomic E-state index is 0.890. The van der Waals surface area contributed by atoms with Gasteiger partial charge in [-0.3, -0.25) is 9.58 Å². The Balaban J connectivity index is 1.61. The molecule has 0 aliphatic carbocycles. The topological polar surface area (TPSA) is 33.1 Å². The molecule has 3 rings (SSSR count). The van der Waals surface area contributed by atoms with Crippen LogP contribution in [-0.4, -0.2) is 40.9 Å². The van der Waals surface area contributed by atoms with Gasteiger partial charge in [0.2, 0.25) is 0 Å². The van der Waals surface area contributed by atoms with Crippen molar-refractivity contribution < 1.29 is 0 Å². The average Bonchev–Trinajstić information content (AvgIpc) is 2.81. The van der Waals surface area contributed by atoms with Crippen molar-refractivity contribution in [1.82, 2.24) is 20.0 Å². The fourth-order valence-electron chi connectivity index (χ4n) is 2.89. The molecule has 4 heteroatoms. The molecule has 2 fully saturated rings. The summed E-state index contributed by atoms with van der Waals surface area (Å²) in [6, 6.07) is 0. The number of aryl methyl sites for hydroxylation is 1. The zero-order valence-electron chi connectivity index (χ0n) is 9.19. The Bertz CT molecular complexity index is 334. The Morgan fingerprint density at radius 1 is 1.40 bits per heavy atom. The fraction of sp³-hybridized carbons (Fsp3) is 0.727. The summed E-state index contributed by atoms with van der Waals surface area (Å²) in [4.78, 5) is 2.56. The molecule has 1 aromatic heterocycles. The van der Waals surface area contributed by atoms with Crippen LogP contribution in [0.5, 0.6) is 0 Å². The lowest BCUT2D eigenvalue weighted by molar-refractivity contribution is 0.305. The summed E-state index contributed by atoms with van der Waals surface area (Å²) in [7, 11) is 1.98. The van der Waals surface area contributed by atoms with Crippen LogP contribution in [0.3, 0.4) is 0 Å². The molecular formula is C11H18N4. The summed E-state index contributed by atoms with van der Waals surface area (Å²) in [5.41, 5.74) is 1.34. The summed E-state index contributed by atoms with van der Waals surface area (Å²) in [5, 5.41) is 7.68. The Hall–Kier alpha value is -0.870. The van der Waals surface area contributed by atoms with Gasteiger partial charge in [-0.15, -0.1) is 0 Å². The Morgan fingerprint density at radius 2 is 2.13 bits per heavy atom. The van der Waals surface area contributed by atoms with Gasteiger partial charge in [-0.05, 0) is 24.9 Å². The number of hydrogen-bond acceptors (Lipinski definition) is 3. The van der Waals surface area contributed by atoms with Crippen LogP contribution in [0, 0.1) is 11.8 Å². The predicted octanol–water partition coefficient (Wildman–Crippen LogP) is 0.0713. The number of nitrogens with zero attached hydrogens (tertiary/aromatic N) is 3. The van der Waals surface area contributed by atoms with E-state index in [0.717, 1.165) is 18.4 Å². The van der Waals surface area contributed by atoms with Crippen molar-refractivity contribution in [2.45, 2.75) is 6.54 Å². The molecule has 82 valence electrons. The molecule has 15 heavy (non-hydrogen) atoms. The predicted molar refractivity (Wildman–Crippen MR) is 58.3 cm³/mol. The summed E-state index contributed by atoms with van der Waals surface area (Å²) in [6.07, 6.45) is 4.10. The molecule has 1 aromatic rings. The van der Waals surface area contributed by atoms with E-state index in [9.17, 15) is 0 Å². The molecule has 0 amide bonds. The van der Waals surface area contributed by atoms with Gasteiger partial charge in [-0.1, -0.05) is 0 Å². The van der Waals surface area contributed by atoms with E-state index in [0.29, 0.717) is 0 Å². The van der Waals surface area contributed by atoms with Crippen molar-refractivity contribution in [3.05, 3.63) is 18.0 Å². The summed E-state index contributed by atoms with van der Waals surface area (Å²) < 4.78 is 1.88. The molecule has 4 nitrogen and oxygen atoms in total. The lowest BCUT2D eigenvalue weighted by atomic mass is 10.0. The van der Waals surface area contributed by atoms with Crippen molar-refractivity contribution in [2.24, 2.45) is 18.9 Å². The van der Waals surface area contributed by atoms with E-state index in [2.05, 4.69) is 21.5 Å². The van der Waals surface area contributed by atoms with Crippen molar-refractivity contribution in [1.29, 1.82) is 0 Å². The number of likely N-dealkylation sites (tertiary alicyclic amines) is 1. The third-order valence-corrected chi connectivity index (χ3v) is 3.63. The average molecular weight is 206 g/mol. The van der Waals surface area contributed by atoms with Crippen LogP contribution < -0.4 is 5.32 Å². The number of nitrogens with one attached hydrogen (secondary N) is 1. The minimum atomic E-state index is 0.890. The molecule has 2 aliphatic heterocycles. The van der Waals surface area contributed by atoms with Gasteiger partial charge in [-0.25, -0.2) is 0 Å². The largest absolute Gasteiger partial charge is 0.316 e. The van der Waals surface area contributed by atoms with Gasteiger partial charge >= 0.3 is 0 Å². The van der Waals surface area contributed by atoms with Gasteiger partial charge < -0.3 is 5.32 Å². The molecule has 0 saturated carbocycles. The van der Waals surface area contributed by atoms with E-state index >= 15 is 0 Å². The van der Waals surface area contributed by atoms with Crippen LogP contribution in [-0.2, 0) is 13.6 Å². The van der Waals surface area contributed by atoms with Crippen LogP contribution in [0.4, 0.5) is 0 Å². The lowest BCUT2D eigenvalue weighted by Gasteiger charge is -2.15. The van der Waals surface area contributed by atoms with Gasteiger partial charge in [0, 0.05) is 38.4 Å². The highest BCUT2D eigenvalue weighted by Crippen LogP contribution is 2.27. The zero-order valence-corrected chi connectivity index (χ0v) is 9.19. The lowest BCUT2D eigenvalue weighted by Crippen LogP contribution is -2.25. The molecule has 0 spiro atoms. The Labute approximate surface area is 90.3 Å². The standard InChI is InChI=1S/C11H18N4/c1-14-5-9(2-13-14)6-15-7-10-3-12-4-11(10)8-15/h2,5,10-12H,3-4,6-8H2,1H3/t10-,11+. The molecule has 0 bridgehead atoms.